The van der Waals surface area contributed by atoms with Crippen molar-refractivity contribution in [2.45, 2.75) is 26.1 Å². The van der Waals surface area contributed by atoms with E-state index in [9.17, 15) is 13.2 Å². The number of alkyl halides is 3. The Labute approximate surface area is 84.1 Å². The fourth-order valence-electron chi connectivity index (χ4n) is 1.47. The van der Waals surface area contributed by atoms with Crippen LogP contribution >= 0.6 is 0 Å². The molecule has 15 heavy (non-hydrogen) atoms. The number of imidazole rings is 1. The van der Waals surface area contributed by atoms with Crippen LogP contribution in [-0.4, -0.2) is 14.2 Å². The lowest BCUT2D eigenvalue weighted by Crippen LogP contribution is -2.05. The zero-order valence-electron chi connectivity index (χ0n) is 8.28. The van der Waals surface area contributed by atoms with Gasteiger partial charge in [0.2, 0.25) is 0 Å². The van der Waals surface area contributed by atoms with E-state index in [4.69, 9.17) is 0 Å². The van der Waals surface area contributed by atoms with Crippen molar-refractivity contribution < 1.29 is 13.2 Å². The van der Waals surface area contributed by atoms with Crippen LogP contribution in [0.4, 0.5) is 13.2 Å². The molecule has 0 aliphatic rings. The first-order valence-corrected chi connectivity index (χ1v) is 4.53. The van der Waals surface area contributed by atoms with E-state index in [1.807, 2.05) is 13.8 Å². The van der Waals surface area contributed by atoms with Crippen LogP contribution in [0.1, 0.15) is 25.6 Å². The third-order valence-corrected chi connectivity index (χ3v) is 2.20. The number of hydrogen-bond acceptors (Lipinski definition) is 1. The number of hydrogen-bond donors (Lipinski definition) is 0. The van der Waals surface area contributed by atoms with Crippen LogP contribution in [0.25, 0.3) is 5.65 Å². The maximum Gasteiger partial charge on any atom is 0.435 e. The Morgan fingerprint density at radius 1 is 1.27 bits per heavy atom. The maximum atomic E-state index is 12.4. The molecule has 0 aromatic carbocycles. The van der Waals surface area contributed by atoms with E-state index in [0.717, 1.165) is 6.07 Å². The van der Waals surface area contributed by atoms with Gasteiger partial charge in [0.1, 0.15) is 5.65 Å². The topological polar surface area (TPSA) is 22.2 Å². The van der Waals surface area contributed by atoms with Crippen molar-refractivity contribution in [3.8, 4) is 0 Å². The lowest BCUT2D eigenvalue weighted by Gasteiger charge is -2.06. The summed E-state index contributed by atoms with van der Waals surface area (Å²) in [7, 11) is 0. The standard InChI is InChI=1S/C9H10F3N3/c1-6(2)14-3-4-15-8(14)5-7(13-15)9(10,11)12/h3-6H,1-2H3. The van der Waals surface area contributed by atoms with E-state index >= 15 is 0 Å². The van der Waals surface area contributed by atoms with Crippen LogP contribution in [0, 0.1) is 0 Å². The van der Waals surface area contributed by atoms with Gasteiger partial charge in [-0.1, -0.05) is 0 Å². The summed E-state index contributed by atoms with van der Waals surface area (Å²) >= 11 is 0. The van der Waals surface area contributed by atoms with E-state index in [1.54, 1.807) is 10.8 Å². The summed E-state index contributed by atoms with van der Waals surface area (Å²) in [5.74, 6) is 0. The summed E-state index contributed by atoms with van der Waals surface area (Å²) in [6.45, 7) is 3.81. The Morgan fingerprint density at radius 3 is 2.47 bits per heavy atom. The van der Waals surface area contributed by atoms with Crippen LogP contribution in [0.5, 0.6) is 0 Å². The molecule has 0 saturated carbocycles. The van der Waals surface area contributed by atoms with E-state index in [2.05, 4.69) is 5.10 Å². The molecular formula is C9H10F3N3. The molecule has 0 saturated heterocycles. The predicted molar refractivity (Wildman–Crippen MR) is 48.6 cm³/mol. The number of fused-ring (bicyclic) bond motifs is 1. The minimum atomic E-state index is -4.38. The minimum absolute atomic E-state index is 0.111. The minimum Gasteiger partial charge on any atom is -0.329 e. The average Bonchev–Trinajstić information content (AvgIpc) is 2.56. The molecule has 0 fully saturated rings. The first-order chi connectivity index (χ1) is 6.89. The second-order valence-corrected chi connectivity index (χ2v) is 3.63. The van der Waals surface area contributed by atoms with Crippen LogP contribution in [0.3, 0.4) is 0 Å². The zero-order chi connectivity index (χ0) is 11.2. The normalized spacial score (nSPS) is 12.9. The highest BCUT2D eigenvalue weighted by molar-refractivity contribution is 5.42. The monoisotopic (exact) mass is 217 g/mol. The van der Waals surface area contributed by atoms with Gasteiger partial charge in [0.05, 0.1) is 0 Å². The smallest absolute Gasteiger partial charge is 0.329 e. The summed E-state index contributed by atoms with van der Waals surface area (Å²) < 4.78 is 40.0. The number of halogens is 3. The molecule has 82 valence electrons. The van der Waals surface area contributed by atoms with Crippen molar-refractivity contribution in [2.24, 2.45) is 0 Å². The van der Waals surface area contributed by atoms with E-state index in [0.29, 0.717) is 5.65 Å². The predicted octanol–water partition coefficient (Wildman–Crippen LogP) is 2.74. The molecule has 0 spiro atoms. The zero-order valence-corrected chi connectivity index (χ0v) is 8.28. The number of aromatic nitrogens is 3. The quantitative estimate of drug-likeness (QED) is 0.720. The van der Waals surface area contributed by atoms with Gasteiger partial charge in [0.25, 0.3) is 0 Å². The SMILES string of the molecule is CC(C)n1ccn2nc(C(F)(F)F)cc12. The Bertz CT molecular complexity index is 478. The largest absolute Gasteiger partial charge is 0.435 e. The molecule has 0 atom stereocenters. The molecule has 0 aliphatic carbocycles. The first kappa shape index (κ1) is 10.1. The summed E-state index contributed by atoms with van der Waals surface area (Å²) in [6, 6.07) is 1.17. The molecule has 0 aliphatic heterocycles. The number of rotatable bonds is 1. The average molecular weight is 217 g/mol. The Balaban J connectivity index is 2.57. The second-order valence-electron chi connectivity index (χ2n) is 3.63. The van der Waals surface area contributed by atoms with Crippen molar-refractivity contribution in [3.05, 3.63) is 24.2 Å². The van der Waals surface area contributed by atoms with Crippen LogP contribution < -0.4 is 0 Å². The van der Waals surface area contributed by atoms with Gasteiger partial charge < -0.3 is 4.57 Å². The molecule has 0 N–H and O–H groups in total. The van der Waals surface area contributed by atoms with Crippen LogP contribution in [-0.2, 0) is 6.18 Å². The Hall–Kier alpha value is -1.46. The summed E-state index contributed by atoms with van der Waals surface area (Å²) in [4.78, 5) is 0. The second kappa shape index (κ2) is 3.01. The highest BCUT2D eigenvalue weighted by Gasteiger charge is 2.34. The van der Waals surface area contributed by atoms with Gasteiger partial charge in [-0.25, -0.2) is 4.52 Å². The van der Waals surface area contributed by atoms with Crippen molar-refractivity contribution in [2.75, 3.05) is 0 Å². The first-order valence-electron chi connectivity index (χ1n) is 4.53. The molecule has 2 aromatic heterocycles. The Kier molecular flexibility index (Phi) is 2.02. The molecule has 2 rings (SSSR count). The maximum absolute atomic E-state index is 12.4. The molecule has 2 heterocycles. The van der Waals surface area contributed by atoms with Crippen LogP contribution in [0.2, 0.25) is 0 Å². The molecule has 0 unspecified atom stereocenters. The number of nitrogens with zero attached hydrogens (tertiary/aromatic N) is 3. The molecule has 2 aromatic rings. The van der Waals surface area contributed by atoms with Gasteiger partial charge in [0.15, 0.2) is 5.69 Å². The van der Waals surface area contributed by atoms with E-state index in [-0.39, 0.29) is 6.04 Å². The van der Waals surface area contributed by atoms with E-state index < -0.39 is 11.9 Å². The third kappa shape index (κ3) is 1.60. The lowest BCUT2D eigenvalue weighted by molar-refractivity contribution is -0.141. The van der Waals surface area contributed by atoms with Crippen molar-refractivity contribution in [1.82, 2.24) is 14.2 Å². The highest BCUT2D eigenvalue weighted by Crippen LogP contribution is 2.29. The highest BCUT2D eigenvalue weighted by atomic mass is 19.4. The molecule has 0 bridgehead atoms. The Morgan fingerprint density at radius 2 is 1.93 bits per heavy atom. The summed E-state index contributed by atoms with van der Waals surface area (Å²) in [5.41, 5.74) is -0.398. The van der Waals surface area contributed by atoms with Gasteiger partial charge in [-0.15, -0.1) is 0 Å². The van der Waals surface area contributed by atoms with Gasteiger partial charge in [-0.2, -0.15) is 18.3 Å². The fraction of sp³-hybridized carbons (Fsp3) is 0.444. The molecule has 0 amide bonds. The summed E-state index contributed by atoms with van der Waals surface area (Å²) in [6.07, 6.45) is -1.15. The van der Waals surface area contributed by atoms with E-state index in [1.165, 1.54) is 10.7 Å². The summed E-state index contributed by atoms with van der Waals surface area (Å²) in [5, 5.41) is 3.46. The molecule has 0 radical (unpaired) electrons. The van der Waals surface area contributed by atoms with Gasteiger partial charge in [-0.05, 0) is 13.8 Å². The molecular weight excluding hydrogens is 207 g/mol. The van der Waals surface area contributed by atoms with Crippen molar-refractivity contribution in [3.63, 3.8) is 0 Å². The van der Waals surface area contributed by atoms with Crippen molar-refractivity contribution in [1.29, 1.82) is 0 Å². The van der Waals surface area contributed by atoms with Gasteiger partial charge in [-0.3, -0.25) is 0 Å². The van der Waals surface area contributed by atoms with Gasteiger partial charge in [0, 0.05) is 24.5 Å². The lowest BCUT2D eigenvalue weighted by atomic mass is 10.4. The molecule has 3 nitrogen and oxygen atoms in total. The van der Waals surface area contributed by atoms with Gasteiger partial charge >= 0.3 is 6.18 Å². The molecule has 6 heteroatoms. The third-order valence-electron chi connectivity index (χ3n) is 2.20. The van der Waals surface area contributed by atoms with Crippen LogP contribution in [0.15, 0.2) is 18.5 Å². The van der Waals surface area contributed by atoms with Crippen molar-refractivity contribution >= 4 is 5.65 Å². The fourth-order valence-corrected chi connectivity index (χ4v) is 1.47.